The molecule has 2 rings (SSSR count). The van der Waals surface area contributed by atoms with Gasteiger partial charge in [0.1, 0.15) is 0 Å². The fourth-order valence-electron chi connectivity index (χ4n) is 2.11. The van der Waals surface area contributed by atoms with Crippen molar-refractivity contribution in [2.75, 3.05) is 5.32 Å². The minimum absolute atomic E-state index is 0.0437. The molecule has 1 aromatic heterocycles. The van der Waals surface area contributed by atoms with Crippen LogP contribution in [0.4, 0.5) is 5.69 Å². The van der Waals surface area contributed by atoms with E-state index in [4.69, 9.17) is 4.74 Å². The summed E-state index contributed by atoms with van der Waals surface area (Å²) >= 11 is 1.40. The van der Waals surface area contributed by atoms with Gasteiger partial charge in [0.2, 0.25) is 0 Å². The van der Waals surface area contributed by atoms with E-state index in [0.717, 1.165) is 10.4 Å². The highest BCUT2D eigenvalue weighted by molar-refractivity contribution is 7.14. The Morgan fingerprint density at radius 2 is 1.72 bits per heavy atom. The van der Waals surface area contributed by atoms with Gasteiger partial charge in [0, 0.05) is 17.0 Å². The summed E-state index contributed by atoms with van der Waals surface area (Å²) in [4.78, 5) is 37.5. The summed E-state index contributed by atoms with van der Waals surface area (Å²) in [6.07, 6.45) is -0.892. The molecular formula is C19H21NO4S. The maximum absolute atomic E-state index is 12.0. The second kappa shape index (κ2) is 8.58. The van der Waals surface area contributed by atoms with Gasteiger partial charge in [-0.15, -0.1) is 11.3 Å². The molecule has 25 heavy (non-hydrogen) atoms. The highest BCUT2D eigenvalue weighted by atomic mass is 32.1. The molecule has 0 saturated heterocycles. The van der Waals surface area contributed by atoms with Crippen LogP contribution in [0.25, 0.3) is 0 Å². The third kappa shape index (κ3) is 5.83. The summed E-state index contributed by atoms with van der Waals surface area (Å²) in [6, 6.07) is 10.9. The second-order valence-electron chi connectivity index (χ2n) is 5.82. The van der Waals surface area contributed by atoms with E-state index in [1.54, 1.807) is 18.2 Å². The van der Waals surface area contributed by atoms with Gasteiger partial charge in [0.25, 0.3) is 5.91 Å². The van der Waals surface area contributed by atoms with Crippen LogP contribution >= 0.6 is 11.3 Å². The third-order valence-electron chi connectivity index (χ3n) is 3.57. The number of benzene rings is 1. The zero-order valence-electron chi connectivity index (χ0n) is 14.5. The Bertz CT molecular complexity index is 764. The number of Topliss-reactive ketones (excluding diaryl/α,β-unsaturated/α-hetero) is 1. The smallest absolute Gasteiger partial charge is 0.307 e. The van der Waals surface area contributed by atoms with Crippen molar-refractivity contribution in [3.8, 4) is 0 Å². The zero-order chi connectivity index (χ0) is 18.4. The van der Waals surface area contributed by atoms with Crippen molar-refractivity contribution in [1.82, 2.24) is 0 Å². The van der Waals surface area contributed by atoms with Crippen LogP contribution < -0.4 is 5.32 Å². The van der Waals surface area contributed by atoms with E-state index in [-0.39, 0.29) is 18.6 Å². The van der Waals surface area contributed by atoms with Crippen LogP contribution in [0.2, 0.25) is 0 Å². The molecule has 0 aliphatic heterocycles. The number of hydrogen-bond acceptors (Lipinski definition) is 5. The lowest BCUT2D eigenvalue weighted by Gasteiger charge is -2.13. The van der Waals surface area contributed by atoms with Crippen molar-refractivity contribution in [3.63, 3.8) is 0 Å². The lowest BCUT2D eigenvalue weighted by molar-refractivity contribution is -0.153. The first-order valence-corrected chi connectivity index (χ1v) is 8.83. The quantitative estimate of drug-likeness (QED) is 0.601. The van der Waals surface area contributed by atoms with E-state index in [9.17, 15) is 14.4 Å². The summed E-state index contributed by atoms with van der Waals surface area (Å²) in [7, 11) is 0. The highest BCUT2D eigenvalue weighted by Crippen LogP contribution is 2.17. The van der Waals surface area contributed by atoms with Crippen molar-refractivity contribution < 1.29 is 19.1 Å². The molecule has 5 nitrogen and oxygen atoms in total. The second-order valence-corrected chi connectivity index (χ2v) is 7.11. The Labute approximate surface area is 151 Å². The van der Waals surface area contributed by atoms with Gasteiger partial charge in [0.05, 0.1) is 11.3 Å². The molecule has 0 saturated carbocycles. The minimum Gasteiger partial charge on any atom is -0.453 e. The molecule has 132 valence electrons. The standard InChI is InChI=1S/C19H21NO4S/c1-12-4-7-15(8-5-12)20-19(23)14(3)24-18(22)11-9-16(21)17-10-6-13(2)25-17/h4-8,10,14H,9,11H2,1-3H3,(H,20,23)/t14-/m1/s1. The van der Waals surface area contributed by atoms with Crippen molar-refractivity contribution in [3.05, 3.63) is 51.7 Å². The molecule has 0 spiro atoms. The number of rotatable bonds is 7. The number of ether oxygens (including phenoxy) is 1. The largest absolute Gasteiger partial charge is 0.453 e. The number of amides is 1. The number of nitrogens with one attached hydrogen (secondary N) is 1. The van der Waals surface area contributed by atoms with Crippen LogP contribution in [0.1, 0.15) is 39.9 Å². The first-order chi connectivity index (χ1) is 11.8. The zero-order valence-corrected chi connectivity index (χ0v) is 15.3. The number of carbonyl (C=O) groups excluding carboxylic acids is 3. The number of hydrogen-bond donors (Lipinski definition) is 1. The molecular weight excluding hydrogens is 338 g/mol. The summed E-state index contributed by atoms with van der Waals surface area (Å²) < 4.78 is 5.10. The molecule has 6 heteroatoms. The van der Waals surface area contributed by atoms with Crippen molar-refractivity contribution in [2.45, 2.75) is 39.7 Å². The van der Waals surface area contributed by atoms with E-state index in [0.29, 0.717) is 10.6 Å². The Morgan fingerprint density at radius 1 is 1.04 bits per heavy atom. The molecule has 1 heterocycles. The summed E-state index contributed by atoms with van der Waals surface area (Å²) in [5.41, 5.74) is 1.73. The molecule has 1 atom stereocenters. The van der Waals surface area contributed by atoms with E-state index >= 15 is 0 Å². The summed E-state index contributed by atoms with van der Waals surface area (Å²) in [5.74, 6) is -1.06. The van der Waals surface area contributed by atoms with Crippen LogP contribution in [-0.4, -0.2) is 23.8 Å². The third-order valence-corrected chi connectivity index (χ3v) is 4.61. The number of carbonyl (C=O) groups is 3. The van der Waals surface area contributed by atoms with Gasteiger partial charge in [-0.1, -0.05) is 17.7 Å². The van der Waals surface area contributed by atoms with E-state index in [1.807, 2.05) is 32.0 Å². The maximum Gasteiger partial charge on any atom is 0.307 e. The van der Waals surface area contributed by atoms with Crippen LogP contribution in [0.3, 0.4) is 0 Å². The molecule has 0 radical (unpaired) electrons. The first kappa shape index (κ1) is 18.9. The molecule has 0 unspecified atom stereocenters. The van der Waals surface area contributed by atoms with Gasteiger partial charge >= 0.3 is 5.97 Å². The van der Waals surface area contributed by atoms with Crippen molar-refractivity contribution in [2.24, 2.45) is 0 Å². The van der Waals surface area contributed by atoms with Crippen LogP contribution in [0.15, 0.2) is 36.4 Å². The van der Waals surface area contributed by atoms with Gasteiger partial charge in [-0.25, -0.2) is 0 Å². The van der Waals surface area contributed by atoms with Gasteiger partial charge in [-0.05, 0) is 45.0 Å². The van der Waals surface area contributed by atoms with Gasteiger partial charge in [0.15, 0.2) is 11.9 Å². The highest BCUT2D eigenvalue weighted by Gasteiger charge is 2.19. The summed E-state index contributed by atoms with van der Waals surface area (Å²) in [5, 5.41) is 2.69. The van der Waals surface area contributed by atoms with Gasteiger partial charge in [-0.2, -0.15) is 0 Å². The fraction of sp³-hybridized carbons (Fsp3) is 0.316. The lowest BCUT2D eigenvalue weighted by atomic mass is 10.2. The van der Waals surface area contributed by atoms with Crippen molar-refractivity contribution in [1.29, 1.82) is 0 Å². The molecule has 1 amide bonds. The molecule has 0 bridgehead atoms. The SMILES string of the molecule is Cc1ccc(NC(=O)[C@@H](C)OC(=O)CCC(=O)c2ccc(C)s2)cc1. The molecule has 2 aromatic rings. The fourth-order valence-corrected chi connectivity index (χ4v) is 2.95. The number of ketones is 1. The number of aryl methyl sites for hydroxylation is 2. The Hall–Kier alpha value is -2.47. The minimum atomic E-state index is -0.923. The topological polar surface area (TPSA) is 72.5 Å². The molecule has 0 fully saturated rings. The van der Waals surface area contributed by atoms with E-state index in [2.05, 4.69) is 5.32 Å². The van der Waals surface area contributed by atoms with E-state index in [1.165, 1.54) is 18.3 Å². The normalized spacial score (nSPS) is 11.6. The predicted octanol–water partition coefficient (Wildman–Crippen LogP) is 3.90. The van der Waals surface area contributed by atoms with Crippen LogP contribution in [0.5, 0.6) is 0 Å². The predicted molar refractivity (Wildman–Crippen MR) is 98.0 cm³/mol. The van der Waals surface area contributed by atoms with Crippen LogP contribution in [0, 0.1) is 13.8 Å². The number of esters is 1. The number of thiophene rings is 1. The van der Waals surface area contributed by atoms with Crippen molar-refractivity contribution >= 4 is 34.7 Å². The summed E-state index contributed by atoms with van der Waals surface area (Å²) in [6.45, 7) is 5.38. The molecule has 1 N–H and O–H groups in total. The molecule has 0 aliphatic rings. The van der Waals surface area contributed by atoms with E-state index < -0.39 is 18.0 Å². The average Bonchev–Trinajstić information content (AvgIpc) is 3.01. The van der Waals surface area contributed by atoms with Gasteiger partial charge < -0.3 is 10.1 Å². The average molecular weight is 359 g/mol. The Balaban J connectivity index is 1.78. The van der Waals surface area contributed by atoms with Crippen LogP contribution in [-0.2, 0) is 14.3 Å². The lowest BCUT2D eigenvalue weighted by Crippen LogP contribution is -2.30. The maximum atomic E-state index is 12.0. The first-order valence-electron chi connectivity index (χ1n) is 8.02. The van der Waals surface area contributed by atoms with Gasteiger partial charge in [-0.3, -0.25) is 14.4 Å². The molecule has 0 aliphatic carbocycles. The Morgan fingerprint density at radius 3 is 2.32 bits per heavy atom. The monoisotopic (exact) mass is 359 g/mol. The number of anilines is 1. The molecule has 1 aromatic carbocycles. The Kier molecular flexibility index (Phi) is 6.47.